The monoisotopic (exact) mass is 425 g/mol. The van der Waals surface area contributed by atoms with Gasteiger partial charge in [-0.2, -0.15) is 5.10 Å². The number of benzene rings is 2. The fraction of sp³-hybridized carbons (Fsp3) is 0.391. The zero-order valence-electron chi connectivity index (χ0n) is 16.9. The van der Waals surface area contributed by atoms with E-state index < -0.39 is 11.8 Å². The van der Waals surface area contributed by atoms with Gasteiger partial charge in [-0.3, -0.25) is 9.48 Å². The number of ether oxygens (including phenoxy) is 2. The number of amides is 1. The van der Waals surface area contributed by atoms with Crippen LogP contribution in [0.3, 0.4) is 0 Å². The summed E-state index contributed by atoms with van der Waals surface area (Å²) in [6.07, 6.45) is 1.41. The van der Waals surface area contributed by atoms with Gasteiger partial charge in [0.05, 0.1) is 18.7 Å². The SMILES string of the molecule is C[C@H](C(=O)N1CCC2(CC1)OCCO2)n1nc(-c2ccccc2)c2cc(Cl)ccc21. The van der Waals surface area contributed by atoms with Crippen molar-refractivity contribution in [3.05, 3.63) is 53.6 Å². The molecule has 3 aromatic rings. The van der Waals surface area contributed by atoms with Crippen LogP contribution in [0.2, 0.25) is 5.02 Å². The van der Waals surface area contributed by atoms with Crippen LogP contribution in [0.1, 0.15) is 25.8 Å². The second-order valence-corrected chi connectivity index (χ2v) is 8.37. The first kappa shape index (κ1) is 19.5. The third-order valence-electron chi connectivity index (χ3n) is 6.09. The molecule has 6 nitrogen and oxygen atoms in total. The molecular weight excluding hydrogens is 402 g/mol. The summed E-state index contributed by atoms with van der Waals surface area (Å²) in [6, 6.07) is 15.2. The van der Waals surface area contributed by atoms with E-state index in [0.717, 1.165) is 22.2 Å². The van der Waals surface area contributed by atoms with Crippen molar-refractivity contribution in [1.82, 2.24) is 14.7 Å². The molecule has 0 saturated carbocycles. The molecule has 0 unspecified atom stereocenters. The Morgan fingerprint density at radius 2 is 1.80 bits per heavy atom. The van der Waals surface area contributed by atoms with E-state index in [4.69, 9.17) is 26.2 Å². The minimum Gasteiger partial charge on any atom is -0.347 e. The van der Waals surface area contributed by atoms with Crippen molar-refractivity contribution in [2.24, 2.45) is 0 Å². The Kier molecular flexibility index (Phi) is 5.01. The number of halogens is 1. The van der Waals surface area contributed by atoms with Gasteiger partial charge in [0, 0.05) is 41.9 Å². The van der Waals surface area contributed by atoms with Crippen molar-refractivity contribution in [3.8, 4) is 11.3 Å². The molecular formula is C23H24ClN3O3. The molecule has 0 aliphatic carbocycles. The molecule has 0 bridgehead atoms. The maximum atomic E-state index is 13.3. The van der Waals surface area contributed by atoms with Crippen molar-refractivity contribution >= 4 is 28.4 Å². The van der Waals surface area contributed by atoms with E-state index in [9.17, 15) is 4.79 Å². The second kappa shape index (κ2) is 7.69. The lowest BCUT2D eigenvalue weighted by Gasteiger charge is -2.38. The highest BCUT2D eigenvalue weighted by Gasteiger charge is 2.41. The average Bonchev–Trinajstić information content (AvgIpc) is 3.38. The van der Waals surface area contributed by atoms with Gasteiger partial charge in [-0.15, -0.1) is 0 Å². The zero-order chi connectivity index (χ0) is 20.7. The summed E-state index contributed by atoms with van der Waals surface area (Å²) in [4.78, 5) is 15.2. The summed E-state index contributed by atoms with van der Waals surface area (Å²) in [5, 5.41) is 6.44. The van der Waals surface area contributed by atoms with E-state index in [2.05, 4.69) is 0 Å². The minimum atomic E-state index is -0.490. The highest BCUT2D eigenvalue weighted by molar-refractivity contribution is 6.31. The topological polar surface area (TPSA) is 56.6 Å². The average molecular weight is 426 g/mol. The van der Waals surface area contributed by atoms with Crippen molar-refractivity contribution in [3.63, 3.8) is 0 Å². The molecule has 156 valence electrons. The summed E-state index contributed by atoms with van der Waals surface area (Å²) in [6.45, 7) is 4.42. The fourth-order valence-corrected chi connectivity index (χ4v) is 4.61. The lowest BCUT2D eigenvalue weighted by molar-refractivity contribution is -0.188. The van der Waals surface area contributed by atoms with Gasteiger partial charge in [0.15, 0.2) is 5.79 Å². The van der Waals surface area contributed by atoms with Crippen LogP contribution in [0.4, 0.5) is 0 Å². The van der Waals surface area contributed by atoms with Gasteiger partial charge in [0.25, 0.3) is 0 Å². The van der Waals surface area contributed by atoms with Crippen LogP contribution in [-0.2, 0) is 14.3 Å². The molecule has 0 radical (unpaired) electrons. The number of piperidine rings is 1. The van der Waals surface area contributed by atoms with Crippen LogP contribution in [0.5, 0.6) is 0 Å². The van der Waals surface area contributed by atoms with Crippen molar-refractivity contribution < 1.29 is 14.3 Å². The Bertz CT molecular complexity index is 1070. The fourth-order valence-electron chi connectivity index (χ4n) is 4.44. The number of aromatic nitrogens is 2. The Labute approximate surface area is 180 Å². The number of carbonyl (C=O) groups excluding carboxylic acids is 1. The smallest absolute Gasteiger partial charge is 0.247 e. The largest absolute Gasteiger partial charge is 0.347 e. The number of hydrogen-bond donors (Lipinski definition) is 0. The lowest BCUT2D eigenvalue weighted by Crippen LogP contribution is -2.48. The standard InChI is InChI=1S/C23H24ClN3O3/c1-16(22(28)26-11-9-23(10-12-26)29-13-14-30-23)27-20-8-7-18(24)15-19(20)21(25-27)17-5-3-2-4-6-17/h2-8,15-16H,9-14H2,1H3/t16-/m1/s1. The molecule has 30 heavy (non-hydrogen) atoms. The Hall–Kier alpha value is -2.41. The van der Waals surface area contributed by atoms with E-state index in [-0.39, 0.29) is 5.91 Å². The van der Waals surface area contributed by atoms with E-state index in [1.54, 1.807) is 0 Å². The number of hydrogen-bond acceptors (Lipinski definition) is 4. The first-order chi connectivity index (χ1) is 14.6. The molecule has 5 rings (SSSR count). The third kappa shape index (κ3) is 3.39. The molecule has 0 N–H and O–H groups in total. The normalized spacial score (nSPS) is 19.5. The molecule has 2 aliphatic rings. The van der Waals surface area contributed by atoms with Crippen LogP contribution >= 0.6 is 11.6 Å². The third-order valence-corrected chi connectivity index (χ3v) is 6.33. The summed E-state index contributed by atoms with van der Waals surface area (Å²) >= 11 is 6.27. The number of fused-ring (bicyclic) bond motifs is 1. The second-order valence-electron chi connectivity index (χ2n) is 7.93. The number of rotatable bonds is 3. The van der Waals surface area contributed by atoms with Crippen molar-refractivity contribution in [2.75, 3.05) is 26.3 Å². The van der Waals surface area contributed by atoms with Crippen LogP contribution in [0.25, 0.3) is 22.2 Å². The predicted molar refractivity (Wildman–Crippen MR) is 115 cm³/mol. The Balaban J connectivity index is 1.45. The van der Waals surface area contributed by atoms with Crippen molar-refractivity contribution in [2.45, 2.75) is 31.6 Å². The molecule has 1 amide bonds. The Morgan fingerprint density at radius 3 is 2.50 bits per heavy atom. The molecule has 1 atom stereocenters. The van der Waals surface area contributed by atoms with E-state index in [1.807, 2.05) is 65.0 Å². The molecule has 2 aromatic carbocycles. The van der Waals surface area contributed by atoms with Gasteiger partial charge >= 0.3 is 0 Å². The van der Waals surface area contributed by atoms with Gasteiger partial charge in [0.2, 0.25) is 5.91 Å². The van der Waals surface area contributed by atoms with Crippen LogP contribution in [-0.4, -0.2) is 52.7 Å². The summed E-state index contributed by atoms with van der Waals surface area (Å²) in [5.41, 5.74) is 2.73. The Morgan fingerprint density at radius 1 is 1.10 bits per heavy atom. The molecule has 2 fully saturated rings. The maximum Gasteiger partial charge on any atom is 0.247 e. The van der Waals surface area contributed by atoms with Gasteiger partial charge in [-0.05, 0) is 25.1 Å². The quantitative estimate of drug-likeness (QED) is 0.628. The van der Waals surface area contributed by atoms with Gasteiger partial charge in [0.1, 0.15) is 11.7 Å². The van der Waals surface area contributed by atoms with E-state index in [1.165, 1.54) is 0 Å². The molecule has 2 saturated heterocycles. The summed E-state index contributed by atoms with van der Waals surface area (Å²) in [7, 11) is 0. The maximum absolute atomic E-state index is 13.3. The van der Waals surface area contributed by atoms with Gasteiger partial charge in [-0.25, -0.2) is 0 Å². The van der Waals surface area contributed by atoms with Crippen LogP contribution in [0.15, 0.2) is 48.5 Å². The van der Waals surface area contributed by atoms with Crippen LogP contribution < -0.4 is 0 Å². The van der Waals surface area contributed by atoms with Crippen molar-refractivity contribution in [1.29, 1.82) is 0 Å². The summed E-state index contributed by atoms with van der Waals surface area (Å²) in [5.74, 6) is -0.433. The zero-order valence-corrected chi connectivity index (χ0v) is 17.6. The van der Waals surface area contributed by atoms with Crippen LogP contribution in [0, 0.1) is 0 Å². The van der Waals surface area contributed by atoms with Gasteiger partial charge < -0.3 is 14.4 Å². The molecule has 1 spiro atoms. The van der Waals surface area contributed by atoms with Gasteiger partial charge in [-0.1, -0.05) is 41.9 Å². The highest BCUT2D eigenvalue weighted by Crippen LogP contribution is 2.34. The molecule has 1 aromatic heterocycles. The minimum absolute atomic E-state index is 0.0572. The van der Waals surface area contributed by atoms with E-state index >= 15 is 0 Å². The molecule has 3 heterocycles. The first-order valence-corrected chi connectivity index (χ1v) is 10.7. The summed E-state index contributed by atoms with van der Waals surface area (Å²) < 4.78 is 13.4. The number of nitrogens with zero attached hydrogens (tertiary/aromatic N) is 3. The number of carbonyl (C=O) groups is 1. The lowest BCUT2D eigenvalue weighted by atomic mass is 10.0. The molecule has 7 heteroatoms. The number of likely N-dealkylation sites (tertiary alicyclic amines) is 1. The molecule has 2 aliphatic heterocycles. The highest BCUT2D eigenvalue weighted by atomic mass is 35.5. The first-order valence-electron chi connectivity index (χ1n) is 10.4. The predicted octanol–water partition coefficient (Wildman–Crippen LogP) is 4.28. The van der Waals surface area contributed by atoms with E-state index in [0.29, 0.717) is 44.2 Å².